The molecule has 0 fully saturated rings. The third kappa shape index (κ3) is 31.9. The van der Waals surface area contributed by atoms with Gasteiger partial charge in [0.25, 0.3) is 0 Å². The highest BCUT2D eigenvalue weighted by atomic mass is 16.4. The summed E-state index contributed by atoms with van der Waals surface area (Å²) in [6, 6.07) is 0. The summed E-state index contributed by atoms with van der Waals surface area (Å²) in [5.74, 6) is -3.65. The first kappa shape index (κ1) is 40.9. The Hall–Kier alpha value is -1.06. The molecule has 0 aliphatic carbocycles. The van der Waals surface area contributed by atoms with Crippen molar-refractivity contribution < 1.29 is 19.8 Å². The number of rotatable bonds is 36. The van der Waals surface area contributed by atoms with Gasteiger partial charge in [-0.15, -0.1) is 0 Å². The van der Waals surface area contributed by atoms with Crippen LogP contribution in [0.15, 0.2) is 0 Å². The van der Waals surface area contributed by atoms with E-state index in [0.717, 1.165) is 12.8 Å². The molecule has 0 unspecified atom stereocenters. The first-order chi connectivity index (χ1) is 20.6. The van der Waals surface area contributed by atoms with Gasteiger partial charge in [0, 0.05) is 0 Å². The zero-order chi connectivity index (χ0) is 30.8. The summed E-state index contributed by atoms with van der Waals surface area (Å²) in [4.78, 5) is 21.7. The maximum Gasteiger partial charge on any atom is 0.317 e. The van der Waals surface area contributed by atoms with Crippen molar-refractivity contribution in [1.82, 2.24) is 0 Å². The normalized spacial score (nSPS) is 11.5. The highest BCUT2D eigenvalue weighted by Crippen LogP contribution is 2.17. The Morgan fingerprint density at radius 1 is 0.333 bits per heavy atom. The van der Waals surface area contributed by atoms with E-state index in [1.54, 1.807) is 0 Å². The summed E-state index contributed by atoms with van der Waals surface area (Å²) >= 11 is 0. The first-order valence-corrected chi connectivity index (χ1v) is 19.0. The summed E-state index contributed by atoms with van der Waals surface area (Å²) in [5, 5.41) is 17.8. The molecule has 0 aliphatic rings. The van der Waals surface area contributed by atoms with Gasteiger partial charge in [-0.2, -0.15) is 0 Å². The lowest BCUT2D eigenvalue weighted by Crippen LogP contribution is -2.23. The fourth-order valence-electron chi connectivity index (χ4n) is 6.25. The fourth-order valence-corrected chi connectivity index (χ4v) is 6.25. The molecule has 42 heavy (non-hydrogen) atoms. The maximum absolute atomic E-state index is 10.9. The third-order valence-corrected chi connectivity index (χ3v) is 9.19. The lowest BCUT2D eigenvalue weighted by atomic mass is 10.00. The summed E-state index contributed by atoms with van der Waals surface area (Å²) < 4.78 is 0. The average Bonchev–Trinajstić information content (AvgIpc) is 2.97. The molecule has 0 aromatic heterocycles. The van der Waals surface area contributed by atoms with Gasteiger partial charge in [-0.3, -0.25) is 9.59 Å². The van der Waals surface area contributed by atoms with Crippen molar-refractivity contribution in [3.05, 3.63) is 0 Å². The second-order valence-corrected chi connectivity index (χ2v) is 13.3. The molecule has 4 heteroatoms. The van der Waals surface area contributed by atoms with Crippen molar-refractivity contribution in [3.63, 3.8) is 0 Å². The molecule has 2 N–H and O–H groups in total. The van der Waals surface area contributed by atoms with E-state index >= 15 is 0 Å². The van der Waals surface area contributed by atoms with Gasteiger partial charge >= 0.3 is 11.9 Å². The van der Waals surface area contributed by atoms with Gasteiger partial charge in [0.1, 0.15) is 0 Å². The first-order valence-electron chi connectivity index (χ1n) is 19.0. The largest absolute Gasteiger partial charge is 0.481 e. The predicted octanol–water partition coefficient (Wildman–Crippen LogP) is 13.1. The highest BCUT2D eigenvalue weighted by molar-refractivity contribution is 5.92. The van der Waals surface area contributed by atoms with Gasteiger partial charge in [0.05, 0.1) is 0 Å². The molecule has 4 nitrogen and oxygen atoms in total. The third-order valence-electron chi connectivity index (χ3n) is 9.19. The van der Waals surface area contributed by atoms with Crippen LogP contribution in [0.25, 0.3) is 0 Å². The Labute approximate surface area is 262 Å². The van der Waals surface area contributed by atoms with Gasteiger partial charge in [-0.1, -0.05) is 219 Å². The number of unbranched alkanes of at least 4 members (excludes halogenated alkanes) is 32. The molecule has 0 atom stereocenters. The SMILES string of the molecule is CCCCCCCCCCCCCCCCCCCCCCCCCCCCCCCCCCCC(C(=O)O)C(=O)O. The van der Waals surface area contributed by atoms with Crippen LogP contribution in [0.3, 0.4) is 0 Å². The van der Waals surface area contributed by atoms with E-state index in [9.17, 15) is 9.59 Å². The van der Waals surface area contributed by atoms with E-state index in [0.29, 0.717) is 6.42 Å². The molecule has 0 aromatic carbocycles. The number of hydrogen-bond acceptors (Lipinski definition) is 2. The van der Waals surface area contributed by atoms with Gasteiger partial charge in [0.15, 0.2) is 5.92 Å². The van der Waals surface area contributed by atoms with Gasteiger partial charge < -0.3 is 10.2 Å². The molecule has 0 bridgehead atoms. The summed E-state index contributed by atoms with van der Waals surface area (Å²) in [5.41, 5.74) is 0. The van der Waals surface area contributed by atoms with Crippen molar-refractivity contribution in [2.24, 2.45) is 5.92 Å². The molecule has 0 saturated carbocycles. The monoisotopic (exact) mass is 595 g/mol. The van der Waals surface area contributed by atoms with Crippen LogP contribution in [0, 0.1) is 5.92 Å². The Morgan fingerprint density at radius 3 is 0.667 bits per heavy atom. The Bertz CT molecular complexity index is 547. The summed E-state index contributed by atoms with van der Waals surface area (Å²) in [6.07, 6.45) is 45.5. The second kappa shape index (κ2) is 34.4. The molecule has 0 spiro atoms. The summed E-state index contributed by atoms with van der Waals surface area (Å²) in [7, 11) is 0. The molecule has 0 heterocycles. The molecular formula is C38H74O4. The number of carbonyl (C=O) groups is 2. The standard InChI is InChI=1S/C38H74O4/c1-2-3-4-5-6-7-8-9-10-11-12-13-14-15-16-17-18-19-20-21-22-23-24-25-26-27-28-29-30-31-32-33-34-35-36(37(39)40)38(41)42/h36H,2-35H2,1H3,(H,39,40)(H,41,42). The Balaban J connectivity index is 3.12. The number of hydrogen-bond donors (Lipinski definition) is 2. The minimum Gasteiger partial charge on any atom is -0.481 e. The maximum atomic E-state index is 10.9. The van der Waals surface area contributed by atoms with E-state index in [4.69, 9.17) is 10.2 Å². The van der Waals surface area contributed by atoms with Crippen molar-refractivity contribution >= 4 is 11.9 Å². The van der Waals surface area contributed by atoms with Crippen molar-refractivity contribution in [2.75, 3.05) is 0 Å². The van der Waals surface area contributed by atoms with Gasteiger partial charge in [-0.05, 0) is 6.42 Å². The highest BCUT2D eigenvalue weighted by Gasteiger charge is 2.24. The van der Waals surface area contributed by atoms with Crippen LogP contribution in [-0.2, 0) is 9.59 Å². The number of carboxylic acid groups (broad SMARTS) is 2. The van der Waals surface area contributed by atoms with Crippen LogP contribution in [0.1, 0.15) is 225 Å². The van der Waals surface area contributed by atoms with Crippen molar-refractivity contribution in [1.29, 1.82) is 0 Å². The van der Waals surface area contributed by atoms with Crippen LogP contribution in [0.2, 0.25) is 0 Å². The zero-order valence-corrected chi connectivity index (χ0v) is 28.3. The predicted molar refractivity (Wildman–Crippen MR) is 181 cm³/mol. The van der Waals surface area contributed by atoms with Crippen molar-refractivity contribution in [3.8, 4) is 0 Å². The molecular weight excluding hydrogens is 520 g/mol. The van der Waals surface area contributed by atoms with Crippen LogP contribution in [-0.4, -0.2) is 22.2 Å². The Morgan fingerprint density at radius 2 is 0.500 bits per heavy atom. The van der Waals surface area contributed by atoms with E-state index < -0.39 is 17.9 Å². The number of aliphatic carboxylic acids is 2. The van der Waals surface area contributed by atoms with Crippen LogP contribution >= 0.6 is 0 Å². The lowest BCUT2D eigenvalue weighted by molar-refractivity contribution is -0.154. The van der Waals surface area contributed by atoms with E-state index in [2.05, 4.69) is 6.92 Å². The molecule has 0 radical (unpaired) electrons. The van der Waals surface area contributed by atoms with Crippen molar-refractivity contribution in [2.45, 2.75) is 225 Å². The van der Waals surface area contributed by atoms with Crippen LogP contribution < -0.4 is 0 Å². The molecule has 0 aromatic rings. The van der Waals surface area contributed by atoms with Gasteiger partial charge in [0.2, 0.25) is 0 Å². The molecule has 0 aliphatic heterocycles. The fraction of sp³-hybridized carbons (Fsp3) is 0.947. The molecule has 0 saturated heterocycles. The van der Waals surface area contributed by atoms with Gasteiger partial charge in [-0.25, -0.2) is 0 Å². The zero-order valence-electron chi connectivity index (χ0n) is 28.3. The van der Waals surface area contributed by atoms with Crippen LogP contribution in [0.5, 0.6) is 0 Å². The lowest BCUT2D eigenvalue weighted by Gasteiger charge is -2.07. The topological polar surface area (TPSA) is 74.6 Å². The minimum absolute atomic E-state index is 0.254. The molecule has 0 rings (SSSR count). The smallest absolute Gasteiger partial charge is 0.317 e. The average molecular weight is 595 g/mol. The molecule has 0 amide bonds. The minimum atomic E-state index is -1.23. The number of carboxylic acids is 2. The van der Waals surface area contributed by atoms with Crippen LogP contribution in [0.4, 0.5) is 0 Å². The second-order valence-electron chi connectivity index (χ2n) is 13.3. The summed E-state index contributed by atoms with van der Waals surface area (Å²) in [6.45, 7) is 2.30. The molecule has 250 valence electrons. The van der Waals surface area contributed by atoms with E-state index in [-0.39, 0.29) is 6.42 Å². The quantitative estimate of drug-likeness (QED) is 0.0559. The Kier molecular flexibility index (Phi) is 33.6. The van der Waals surface area contributed by atoms with E-state index in [1.165, 1.54) is 193 Å². The van der Waals surface area contributed by atoms with E-state index in [1.807, 2.05) is 0 Å².